The number of methoxy groups -OCH3 is 1. The molecule has 4 heteroatoms. The van der Waals surface area contributed by atoms with Crippen molar-refractivity contribution in [2.45, 2.75) is 6.54 Å². The molecule has 0 spiro atoms. The minimum absolute atomic E-state index is 0.186. The van der Waals surface area contributed by atoms with E-state index in [1.54, 1.807) is 13.2 Å². The van der Waals surface area contributed by atoms with E-state index in [9.17, 15) is 5.11 Å². The van der Waals surface area contributed by atoms with E-state index in [2.05, 4.69) is 11.6 Å². The van der Waals surface area contributed by atoms with Gasteiger partial charge in [0, 0.05) is 18.8 Å². The summed E-state index contributed by atoms with van der Waals surface area (Å²) in [5, 5.41) is 12.7. The Morgan fingerprint density at radius 3 is 2.93 bits per heavy atom. The van der Waals surface area contributed by atoms with Crippen molar-refractivity contribution >= 4 is 11.8 Å². The Morgan fingerprint density at radius 1 is 1.47 bits per heavy atom. The number of hydrogen-bond acceptors (Lipinski definition) is 4. The summed E-state index contributed by atoms with van der Waals surface area (Å²) >= 11 is 1.82. The summed E-state index contributed by atoms with van der Waals surface area (Å²) in [5.74, 6) is 1.82. The van der Waals surface area contributed by atoms with Gasteiger partial charge in [-0.3, -0.25) is 0 Å². The molecule has 0 amide bonds. The van der Waals surface area contributed by atoms with Gasteiger partial charge in [-0.2, -0.15) is 11.8 Å². The van der Waals surface area contributed by atoms with Crippen LogP contribution in [0.3, 0.4) is 0 Å². The van der Waals surface area contributed by atoms with Crippen molar-refractivity contribution in [1.82, 2.24) is 5.32 Å². The third kappa shape index (κ3) is 4.01. The van der Waals surface area contributed by atoms with Crippen LogP contribution in [0.4, 0.5) is 0 Å². The zero-order chi connectivity index (χ0) is 11.1. The summed E-state index contributed by atoms with van der Waals surface area (Å²) in [6.45, 7) is 1.79. The Bertz CT molecular complexity index is 305. The molecule has 0 unspecified atom stereocenters. The molecular weight excluding hydrogens is 210 g/mol. The highest BCUT2D eigenvalue weighted by Gasteiger charge is 2.01. The number of hydrogen-bond donors (Lipinski definition) is 2. The average molecular weight is 227 g/mol. The molecule has 0 aliphatic rings. The molecule has 1 rings (SSSR count). The topological polar surface area (TPSA) is 41.5 Å². The van der Waals surface area contributed by atoms with Crippen LogP contribution in [0.1, 0.15) is 5.56 Å². The standard InChI is InChI=1S/C11H17NO2S/c1-14-11-7-9(3-4-10(11)13)8-12-5-6-15-2/h3-4,7,12-13H,5-6,8H2,1-2H3. The van der Waals surface area contributed by atoms with Gasteiger partial charge in [0.15, 0.2) is 11.5 Å². The second-order valence-corrected chi connectivity index (χ2v) is 4.16. The number of ether oxygens (including phenoxy) is 1. The first-order valence-electron chi connectivity index (χ1n) is 4.83. The van der Waals surface area contributed by atoms with Crippen molar-refractivity contribution < 1.29 is 9.84 Å². The van der Waals surface area contributed by atoms with Crippen LogP contribution in [0.25, 0.3) is 0 Å². The summed E-state index contributed by atoms with van der Waals surface area (Å²) in [5.41, 5.74) is 1.12. The summed E-state index contributed by atoms with van der Waals surface area (Å²) in [7, 11) is 1.56. The summed E-state index contributed by atoms with van der Waals surface area (Å²) in [6, 6.07) is 5.40. The van der Waals surface area contributed by atoms with Crippen LogP contribution in [0, 0.1) is 0 Å². The summed E-state index contributed by atoms with van der Waals surface area (Å²) < 4.78 is 5.03. The number of thioether (sulfide) groups is 1. The molecule has 0 fully saturated rings. The van der Waals surface area contributed by atoms with Gasteiger partial charge in [-0.15, -0.1) is 0 Å². The molecule has 15 heavy (non-hydrogen) atoms. The van der Waals surface area contributed by atoms with Gasteiger partial charge in [-0.25, -0.2) is 0 Å². The molecule has 0 aromatic heterocycles. The Morgan fingerprint density at radius 2 is 2.27 bits per heavy atom. The second kappa shape index (κ2) is 6.58. The Labute approximate surface area is 94.8 Å². The van der Waals surface area contributed by atoms with E-state index in [4.69, 9.17) is 4.74 Å². The number of benzene rings is 1. The largest absolute Gasteiger partial charge is 0.504 e. The van der Waals surface area contributed by atoms with Crippen LogP contribution in [0.15, 0.2) is 18.2 Å². The van der Waals surface area contributed by atoms with E-state index in [0.717, 1.165) is 24.4 Å². The first kappa shape index (κ1) is 12.2. The lowest BCUT2D eigenvalue weighted by Crippen LogP contribution is -2.16. The van der Waals surface area contributed by atoms with Crippen LogP contribution < -0.4 is 10.1 Å². The molecule has 0 atom stereocenters. The maximum absolute atomic E-state index is 9.40. The van der Waals surface area contributed by atoms with Gasteiger partial charge in [0.25, 0.3) is 0 Å². The summed E-state index contributed by atoms with van der Waals surface area (Å²) in [6.07, 6.45) is 2.09. The highest BCUT2D eigenvalue weighted by molar-refractivity contribution is 7.98. The van der Waals surface area contributed by atoms with Gasteiger partial charge in [-0.05, 0) is 24.0 Å². The van der Waals surface area contributed by atoms with Gasteiger partial charge in [0.05, 0.1) is 7.11 Å². The molecule has 2 N–H and O–H groups in total. The predicted molar refractivity (Wildman–Crippen MR) is 64.7 cm³/mol. The first-order valence-corrected chi connectivity index (χ1v) is 6.23. The van der Waals surface area contributed by atoms with E-state index < -0.39 is 0 Å². The molecule has 0 saturated heterocycles. The monoisotopic (exact) mass is 227 g/mol. The van der Waals surface area contributed by atoms with Gasteiger partial charge in [0.2, 0.25) is 0 Å². The zero-order valence-corrected chi connectivity index (χ0v) is 9.93. The van der Waals surface area contributed by atoms with Gasteiger partial charge in [0.1, 0.15) is 0 Å². The SMILES string of the molecule is COc1cc(CNCCSC)ccc1O. The van der Waals surface area contributed by atoms with Crippen LogP contribution in [-0.2, 0) is 6.54 Å². The zero-order valence-electron chi connectivity index (χ0n) is 9.12. The Kier molecular flexibility index (Phi) is 5.36. The number of nitrogens with one attached hydrogen (secondary N) is 1. The Hall–Kier alpha value is -0.870. The molecule has 1 aromatic carbocycles. The van der Waals surface area contributed by atoms with Gasteiger partial charge < -0.3 is 15.2 Å². The molecule has 84 valence electrons. The molecule has 0 aliphatic carbocycles. The Balaban J connectivity index is 2.47. The number of aromatic hydroxyl groups is 1. The number of phenols is 1. The van der Waals surface area contributed by atoms with E-state index in [-0.39, 0.29) is 5.75 Å². The maximum Gasteiger partial charge on any atom is 0.160 e. The predicted octanol–water partition coefficient (Wildman–Crippen LogP) is 1.85. The fraction of sp³-hybridized carbons (Fsp3) is 0.455. The molecule has 3 nitrogen and oxygen atoms in total. The first-order chi connectivity index (χ1) is 7.27. The van der Waals surface area contributed by atoms with Crippen molar-refractivity contribution in [3.63, 3.8) is 0 Å². The normalized spacial score (nSPS) is 10.3. The average Bonchev–Trinajstić information content (AvgIpc) is 2.26. The molecule has 0 saturated carbocycles. The molecule has 0 heterocycles. The highest BCUT2D eigenvalue weighted by atomic mass is 32.2. The second-order valence-electron chi connectivity index (χ2n) is 3.18. The quantitative estimate of drug-likeness (QED) is 0.728. The minimum Gasteiger partial charge on any atom is -0.504 e. The van der Waals surface area contributed by atoms with Gasteiger partial charge >= 0.3 is 0 Å². The highest BCUT2D eigenvalue weighted by Crippen LogP contribution is 2.25. The van der Waals surface area contributed by atoms with Crippen molar-refractivity contribution in [2.75, 3.05) is 25.7 Å². The fourth-order valence-corrected chi connectivity index (χ4v) is 1.59. The summed E-state index contributed by atoms with van der Waals surface area (Å²) in [4.78, 5) is 0. The van der Waals surface area contributed by atoms with Crippen LogP contribution in [-0.4, -0.2) is 30.8 Å². The van der Waals surface area contributed by atoms with E-state index in [1.807, 2.05) is 23.9 Å². The maximum atomic E-state index is 9.40. The van der Waals surface area contributed by atoms with E-state index in [1.165, 1.54) is 0 Å². The van der Waals surface area contributed by atoms with Crippen molar-refractivity contribution in [2.24, 2.45) is 0 Å². The smallest absolute Gasteiger partial charge is 0.160 e. The minimum atomic E-state index is 0.186. The van der Waals surface area contributed by atoms with E-state index >= 15 is 0 Å². The van der Waals surface area contributed by atoms with Crippen LogP contribution in [0.2, 0.25) is 0 Å². The molecule has 0 aliphatic heterocycles. The number of phenolic OH excluding ortho intramolecular Hbond substituents is 1. The lowest BCUT2D eigenvalue weighted by molar-refractivity contribution is 0.373. The van der Waals surface area contributed by atoms with Gasteiger partial charge in [-0.1, -0.05) is 6.07 Å². The molecular formula is C11H17NO2S. The van der Waals surface area contributed by atoms with Crippen molar-refractivity contribution in [3.8, 4) is 11.5 Å². The van der Waals surface area contributed by atoms with Crippen LogP contribution in [0.5, 0.6) is 11.5 Å². The van der Waals surface area contributed by atoms with Crippen molar-refractivity contribution in [1.29, 1.82) is 0 Å². The molecule has 0 bridgehead atoms. The van der Waals surface area contributed by atoms with Crippen LogP contribution >= 0.6 is 11.8 Å². The lowest BCUT2D eigenvalue weighted by Gasteiger charge is -2.07. The number of rotatable bonds is 6. The van der Waals surface area contributed by atoms with E-state index in [0.29, 0.717) is 5.75 Å². The lowest BCUT2D eigenvalue weighted by atomic mass is 10.2. The molecule has 0 radical (unpaired) electrons. The molecule has 1 aromatic rings. The third-order valence-electron chi connectivity index (χ3n) is 2.06. The third-order valence-corrected chi connectivity index (χ3v) is 2.67. The van der Waals surface area contributed by atoms with Crippen molar-refractivity contribution in [3.05, 3.63) is 23.8 Å². The fourth-order valence-electron chi connectivity index (χ4n) is 1.24.